The monoisotopic (exact) mass is 381 g/mol. The van der Waals surface area contributed by atoms with Gasteiger partial charge in [0.25, 0.3) is 5.91 Å². The minimum atomic E-state index is -0.206. The Kier molecular flexibility index (Phi) is 6.16. The van der Waals surface area contributed by atoms with E-state index in [0.29, 0.717) is 35.9 Å². The molecule has 0 aliphatic rings. The van der Waals surface area contributed by atoms with E-state index in [-0.39, 0.29) is 5.91 Å². The Bertz CT molecular complexity index is 913. The number of nitrogens with zero attached hydrogens (tertiary/aromatic N) is 1. The molecule has 0 radical (unpaired) electrons. The number of carbonyl (C=O) groups is 1. The van der Waals surface area contributed by atoms with Gasteiger partial charge in [0.15, 0.2) is 11.5 Å². The topological polar surface area (TPSA) is 85.5 Å². The number of amides is 1. The van der Waals surface area contributed by atoms with Gasteiger partial charge in [-0.2, -0.15) is 5.10 Å². The summed E-state index contributed by atoms with van der Waals surface area (Å²) in [7, 11) is 4.71. The fourth-order valence-electron chi connectivity index (χ4n) is 2.89. The highest BCUT2D eigenvalue weighted by Gasteiger charge is 2.14. The molecule has 0 unspecified atom stereocenters. The summed E-state index contributed by atoms with van der Waals surface area (Å²) >= 11 is 0. The summed E-state index contributed by atoms with van der Waals surface area (Å²) in [6.07, 6.45) is 0.613. The average Bonchev–Trinajstić information content (AvgIpc) is 3.24. The van der Waals surface area contributed by atoms with E-state index < -0.39 is 0 Å². The third-order valence-electron chi connectivity index (χ3n) is 4.32. The lowest BCUT2D eigenvalue weighted by Crippen LogP contribution is -2.26. The van der Waals surface area contributed by atoms with Gasteiger partial charge >= 0.3 is 0 Å². The molecule has 0 aliphatic carbocycles. The highest BCUT2D eigenvalue weighted by atomic mass is 16.5. The average molecular weight is 381 g/mol. The molecule has 0 saturated carbocycles. The SMILES string of the molecule is COc1cc(CCNC(=O)c2cc(-c3ccccc3)n[nH]2)cc(OC)c1OC. The summed E-state index contributed by atoms with van der Waals surface area (Å²) in [4.78, 5) is 12.4. The van der Waals surface area contributed by atoms with E-state index in [2.05, 4.69) is 15.5 Å². The number of rotatable bonds is 8. The highest BCUT2D eigenvalue weighted by molar-refractivity contribution is 5.93. The standard InChI is InChI=1S/C21H23N3O4/c1-26-18-11-14(12-19(27-2)20(18)28-3)9-10-22-21(25)17-13-16(23-24-17)15-7-5-4-6-8-15/h4-8,11-13H,9-10H2,1-3H3,(H,22,25)(H,23,24). The molecule has 146 valence electrons. The number of H-pyrrole nitrogens is 1. The largest absolute Gasteiger partial charge is 0.493 e. The number of benzene rings is 2. The molecule has 0 atom stereocenters. The first-order valence-corrected chi connectivity index (χ1v) is 8.84. The molecule has 7 heteroatoms. The number of aromatic amines is 1. The van der Waals surface area contributed by atoms with E-state index in [1.54, 1.807) is 27.4 Å². The zero-order valence-corrected chi connectivity index (χ0v) is 16.1. The molecule has 0 aliphatic heterocycles. The fourth-order valence-corrected chi connectivity index (χ4v) is 2.89. The highest BCUT2D eigenvalue weighted by Crippen LogP contribution is 2.38. The minimum absolute atomic E-state index is 0.206. The number of carbonyl (C=O) groups excluding carboxylic acids is 1. The van der Waals surface area contributed by atoms with E-state index in [4.69, 9.17) is 14.2 Å². The van der Waals surface area contributed by atoms with Gasteiger partial charge in [-0.05, 0) is 30.2 Å². The summed E-state index contributed by atoms with van der Waals surface area (Å²) in [5.74, 6) is 1.51. The molecular formula is C21H23N3O4. The van der Waals surface area contributed by atoms with Crippen molar-refractivity contribution in [2.75, 3.05) is 27.9 Å². The molecule has 3 aromatic rings. The van der Waals surface area contributed by atoms with Crippen LogP contribution >= 0.6 is 0 Å². The Hall–Kier alpha value is -3.48. The molecule has 0 saturated heterocycles. The van der Waals surface area contributed by atoms with Crippen LogP contribution < -0.4 is 19.5 Å². The molecule has 1 amide bonds. The Labute approximate surface area is 163 Å². The Morgan fingerprint density at radius 3 is 2.29 bits per heavy atom. The number of hydrogen-bond donors (Lipinski definition) is 2. The van der Waals surface area contributed by atoms with Gasteiger partial charge < -0.3 is 19.5 Å². The van der Waals surface area contributed by atoms with Crippen molar-refractivity contribution in [1.29, 1.82) is 0 Å². The second-order valence-corrected chi connectivity index (χ2v) is 6.07. The quantitative estimate of drug-likeness (QED) is 0.626. The van der Waals surface area contributed by atoms with Crippen LogP contribution in [0.4, 0.5) is 0 Å². The lowest BCUT2D eigenvalue weighted by Gasteiger charge is -2.14. The second kappa shape index (κ2) is 8.94. The molecular weight excluding hydrogens is 358 g/mol. The Morgan fingerprint density at radius 2 is 1.68 bits per heavy atom. The number of ether oxygens (including phenoxy) is 3. The van der Waals surface area contributed by atoms with Gasteiger partial charge in [0, 0.05) is 12.1 Å². The summed E-state index contributed by atoms with van der Waals surface area (Å²) < 4.78 is 16.0. The maximum atomic E-state index is 12.4. The van der Waals surface area contributed by atoms with Gasteiger partial charge in [-0.15, -0.1) is 0 Å². The normalized spacial score (nSPS) is 10.4. The van der Waals surface area contributed by atoms with E-state index >= 15 is 0 Å². The summed E-state index contributed by atoms with van der Waals surface area (Å²) in [6, 6.07) is 15.2. The summed E-state index contributed by atoms with van der Waals surface area (Å²) in [5.41, 5.74) is 3.07. The molecule has 28 heavy (non-hydrogen) atoms. The third kappa shape index (κ3) is 4.25. The first kappa shape index (κ1) is 19.3. The third-order valence-corrected chi connectivity index (χ3v) is 4.32. The molecule has 1 heterocycles. The van der Waals surface area contributed by atoms with Crippen LogP contribution in [0.5, 0.6) is 17.2 Å². The van der Waals surface area contributed by atoms with Gasteiger partial charge in [0.05, 0.1) is 27.0 Å². The van der Waals surface area contributed by atoms with Crippen molar-refractivity contribution in [3.63, 3.8) is 0 Å². The predicted octanol–water partition coefficient (Wildman–Crippen LogP) is 3.08. The van der Waals surface area contributed by atoms with Crippen molar-refractivity contribution in [1.82, 2.24) is 15.5 Å². The molecule has 0 fully saturated rings. The van der Waals surface area contributed by atoms with Crippen molar-refractivity contribution in [2.24, 2.45) is 0 Å². The van der Waals surface area contributed by atoms with Crippen LogP contribution in [-0.2, 0) is 6.42 Å². The number of aromatic nitrogens is 2. The van der Waals surface area contributed by atoms with Crippen LogP contribution in [0.3, 0.4) is 0 Å². The van der Waals surface area contributed by atoms with Gasteiger partial charge in [-0.1, -0.05) is 30.3 Å². The van der Waals surface area contributed by atoms with Gasteiger partial charge in [0.2, 0.25) is 5.75 Å². The first-order chi connectivity index (χ1) is 13.7. The smallest absolute Gasteiger partial charge is 0.269 e. The van der Waals surface area contributed by atoms with Crippen molar-refractivity contribution >= 4 is 5.91 Å². The van der Waals surface area contributed by atoms with Crippen molar-refractivity contribution in [3.05, 3.63) is 59.8 Å². The molecule has 2 N–H and O–H groups in total. The van der Waals surface area contributed by atoms with E-state index in [9.17, 15) is 4.79 Å². The van der Waals surface area contributed by atoms with Crippen molar-refractivity contribution in [2.45, 2.75) is 6.42 Å². The van der Waals surface area contributed by atoms with Gasteiger partial charge in [-0.3, -0.25) is 9.89 Å². The van der Waals surface area contributed by atoms with E-state index in [1.165, 1.54) is 0 Å². The lowest BCUT2D eigenvalue weighted by atomic mass is 10.1. The second-order valence-electron chi connectivity index (χ2n) is 6.07. The van der Waals surface area contributed by atoms with Crippen LogP contribution in [0.15, 0.2) is 48.5 Å². The lowest BCUT2D eigenvalue weighted by molar-refractivity contribution is 0.0949. The number of nitrogens with one attached hydrogen (secondary N) is 2. The maximum absolute atomic E-state index is 12.4. The van der Waals surface area contributed by atoms with Crippen LogP contribution in [0.25, 0.3) is 11.3 Å². The van der Waals surface area contributed by atoms with E-state index in [0.717, 1.165) is 16.8 Å². The predicted molar refractivity (Wildman–Crippen MR) is 106 cm³/mol. The number of hydrogen-bond acceptors (Lipinski definition) is 5. The molecule has 1 aromatic heterocycles. The molecule has 2 aromatic carbocycles. The van der Waals surface area contributed by atoms with Crippen molar-refractivity contribution in [3.8, 4) is 28.5 Å². The first-order valence-electron chi connectivity index (χ1n) is 8.84. The van der Waals surface area contributed by atoms with Gasteiger partial charge in [-0.25, -0.2) is 0 Å². The Morgan fingerprint density at radius 1 is 1.00 bits per heavy atom. The molecule has 0 bridgehead atoms. The minimum Gasteiger partial charge on any atom is -0.493 e. The molecule has 3 rings (SSSR count). The van der Waals surface area contributed by atoms with Crippen LogP contribution in [0, 0.1) is 0 Å². The van der Waals surface area contributed by atoms with Crippen LogP contribution in [0.2, 0.25) is 0 Å². The molecule has 7 nitrogen and oxygen atoms in total. The fraction of sp³-hybridized carbons (Fsp3) is 0.238. The molecule has 0 spiro atoms. The summed E-state index contributed by atoms with van der Waals surface area (Å²) in [6.45, 7) is 0.456. The van der Waals surface area contributed by atoms with E-state index in [1.807, 2.05) is 42.5 Å². The van der Waals surface area contributed by atoms with Crippen LogP contribution in [-0.4, -0.2) is 44.0 Å². The van der Waals surface area contributed by atoms with Crippen LogP contribution in [0.1, 0.15) is 16.1 Å². The number of methoxy groups -OCH3 is 3. The van der Waals surface area contributed by atoms with Gasteiger partial charge in [0.1, 0.15) is 5.69 Å². The summed E-state index contributed by atoms with van der Waals surface area (Å²) in [5, 5.41) is 9.88. The zero-order valence-electron chi connectivity index (χ0n) is 16.1. The Balaban J connectivity index is 1.62. The maximum Gasteiger partial charge on any atom is 0.269 e. The van der Waals surface area contributed by atoms with Crippen molar-refractivity contribution < 1.29 is 19.0 Å². The zero-order chi connectivity index (χ0) is 19.9.